The molecule has 0 spiro atoms. The second-order valence-corrected chi connectivity index (χ2v) is 6.81. The third-order valence-corrected chi connectivity index (χ3v) is 5.24. The van der Waals surface area contributed by atoms with Gasteiger partial charge in [0.1, 0.15) is 0 Å². The van der Waals surface area contributed by atoms with Gasteiger partial charge in [0, 0.05) is 58.1 Å². The minimum Gasteiger partial charge on any atom is -0.379 e. The van der Waals surface area contributed by atoms with Crippen molar-refractivity contribution in [1.82, 2.24) is 24.5 Å². The molecular weight excluding hydrogens is 308 g/mol. The third-order valence-electron chi connectivity index (χ3n) is 5.24. The fraction of sp³-hybridized carbons (Fsp3) is 0.750. The van der Waals surface area contributed by atoms with Crippen LogP contribution in [-0.4, -0.2) is 95.6 Å². The molecule has 132 valence electrons. The lowest BCUT2D eigenvalue weighted by Crippen LogP contribution is -2.50. The first-order valence-electron chi connectivity index (χ1n) is 8.90. The molecule has 3 aliphatic rings. The Morgan fingerprint density at radius 1 is 1.21 bits per heavy atom. The summed E-state index contributed by atoms with van der Waals surface area (Å²) in [6.45, 7) is 9.34. The van der Waals surface area contributed by atoms with Crippen LogP contribution in [0.15, 0.2) is 12.4 Å². The molecule has 0 aromatic carbocycles. The van der Waals surface area contributed by atoms with Crippen LogP contribution in [0.1, 0.15) is 6.42 Å². The number of ether oxygens (including phenoxy) is 1. The number of hydrogen-bond acceptors (Lipinski definition) is 5. The Kier molecular flexibility index (Phi) is 4.68. The van der Waals surface area contributed by atoms with E-state index in [0.717, 1.165) is 77.7 Å². The molecule has 0 aliphatic carbocycles. The number of carbonyl (C=O) groups is 1. The Morgan fingerprint density at radius 2 is 2.08 bits per heavy atom. The number of urea groups is 1. The maximum absolute atomic E-state index is 12.5. The highest BCUT2D eigenvalue weighted by molar-refractivity contribution is 5.89. The molecule has 8 nitrogen and oxygen atoms in total. The van der Waals surface area contributed by atoms with Crippen LogP contribution >= 0.6 is 0 Å². The summed E-state index contributed by atoms with van der Waals surface area (Å²) in [7, 11) is 0. The zero-order valence-electron chi connectivity index (χ0n) is 14.1. The average molecular weight is 334 g/mol. The van der Waals surface area contributed by atoms with Crippen LogP contribution in [-0.2, 0) is 11.3 Å². The minimum atomic E-state index is 0.00859. The van der Waals surface area contributed by atoms with Crippen LogP contribution in [0.3, 0.4) is 0 Å². The number of piperazine rings is 1. The molecule has 4 heterocycles. The highest BCUT2D eigenvalue weighted by Gasteiger charge is 2.35. The highest BCUT2D eigenvalue weighted by atomic mass is 16.5. The molecule has 2 amide bonds. The monoisotopic (exact) mass is 334 g/mol. The first kappa shape index (κ1) is 15.9. The summed E-state index contributed by atoms with van der Waals surface area (Å²) in [5, 5.41) is 7.37. The minimum absolute atomic E-state index is 0.00859. The van der Waals surface area contributed by atoms with Gasteiger partial charge in [-0.1, -0.05) is 0 Å². The summed E-state index contributed by atoms with van der Waals surface area (Å²) in [6.07, 6.45) is 4.75. The second kappa shape index (κ2) is 7.08. The van der Waals surface area contributed by atoms with Gasteiger partial charge in [-0.2, -0.15) is 5.10 Å². The molecule has 1 N–H and O–H groups in total. The van der Waals surface area contributed by atoms with Gasteiger partial charge in [0.05, 0.1) is 31.6 Å². The van der Waals surface area contributed by atoms with Gasteiger partial charge in [0.25, 0.3) is 0 Å². The van der Waals surface area contributed by atoms with E-state index in [0.29, 0.717) is 6.04 Å². The van der Waals surface area contributed by atoms with Gasteiger partial charge in [-0.05, 0) is 6.42 Å². The van der Waals surface area contributed by atoms with Crippen molar-refractivity contribution in [3.8, 4) is 0 Å². The number of morpholine rings is 1. The Bertz CT molecular complexity index is 571. The number of aromatic nitrogens is 2. The molecule has 2 unspecified atom stereocenters. The number of fused-ring (bicyclic) bond motifs is 2. The Hall–Kier alpha value is -1.64. The third kappa shape index (κ3) is 3.55. The van der Waals surface area contributed by atoms with E-state index in [9.17, 15) is 4.79 Å². The van der Waals surface area contributed by atoms with Crippen molar-refractivity contribution in [2.45, 2.75) is 19.0 Å². The standard InChI is InChI=1S/C16H26N6O2/c23-16(22-6-4-20-2-1-15(22)13-20)18-14-11-17-21(12-14)5-3-19-7-9-24-10-8-19/h11-12,15H,1-10,13H2,(H,18,23). The van der Waals surface area contributed by atoms with E-state index in [2.05, 4.69) is 20.2 Å². The summed E-state index contributed by atoms with van der Waals surface area (Å²) in [5.74, 6) is 0. The van der Waals surface area contributed by atoms with Gasteiger partial charge in [0.2, 0.25) is 0 Å². The average Bonchev–Trinajstić information content (AvgIpc) is 3.21. The van der Waals surface area contributed by atoms with Gasteiger partial charge in [-0.25, -0.2) is 4.79 Å². The Morgan fingerprint density at radius 3 is 2.96 bits per heavy atom. The van der Waals surface area contributed by atoms with Gasteiger partial charge in [-0.15, -0.1) is 0 Å². The molecule has 2 atom stereocenters. The van der Waals surface area contributed by atoms with Crippen molar-refractivity contribution in [2.24, 2.45) is 0 Å². The maximum Gasteiger partial charge on any atom is 0.322 e. The molecule has 2 bridgehead atoms. The lowest BCUT2D eigenvalue weighted by Gasteiger charge is -2.34. The predicted octanol–water partition coefficient (Wildman–Crippen LogP) is 0.137. The van der Waals surface area contributed by atoms with Crippen molar-refractivity contribution in [2.75, 3.05) is 64.3 Å². The SMILES string of the molecule is O=C(Nc1cnn(CCN2CCOCC2)c1)N1CCN2CCC1C2. The van der Waals surface area contributed by atoms with Crippen LogP contribution in [0.4, 0.5) is 10.5 Å². The molecule has 3 saturated heterocycles. The zero-order chi connectivity index (χ0) is 16.4. The normalized spacial score (nSPS) is 27.4. The number of nitrogens with zero attached hydrogens (tertiary/aromatic N) is 5. The summed E-state index contributed by atoms with van der Waals surface area (Å²) >= 11 is 0. The Labute approximate surface area is 142 Å². The molecule has 3 fully saturated rings. The fourth-order valence-electron chi connectivity index (χ4n) is 3.78. The Balaban J connectivity index is 1.27. The summed E-state index contributed by atoms with van der Waals surface area (Å²) in [5.41, 5.74) is 0.780. The number of nitrogens with one attached hydrogen (secondary N) is 1. The quantitative estimate of drug-likeness (QED) is 0.848. The zero-order valence-corrected chi connectivity index (χ0v) is 14.1. The molecule has 0 saturated carbocycles. The smallest absolute Gasteiger partial charge is 0.322 e. The van der Waals surface area contributed by atoms with E-state index in [4.69, 9.17) is 4.74 Å². The van der Waals surface area contributed by atoms with Crippen LogP contribution in [0.5, 0.6) is 0 Å². The number of carbonyl (C=O) groups excluding carboxylic acids is 1. The van der Waals surface area contributed by atoms with E-state index in [1.807, 2.05) is 15.8 Å². The second-order valence-electron chi connectivity index (χ2n) is 6.81. The van der Waals surface area contributed by atoms with Gasteiger partial charge in [-0.3, -0.25) is 14.5 Å². The van der Waals surface area contributed by atoms with Crippen LogP contribution < -0.4 is 5.32 Å². The highest BCUT2D eigenvalue weighted by Crippen LogP contribution is 2.21. The first-order valence-corrected chi connectivity index (χ1v) is 8.90. The number of hydrogen-bond donors (Lipinski definition) is 1. The van der Waals surface area contributed by atoms with Crippen molar-refractivity contribution in [1.29, 1.82) is 0 Å². The number of amides is 2. The fourth-order valence-corrected chi connectivity index (χ4v) is 3.78. The lowest BCUT2D eigenvalue weighted by molar-refractivity contribution is 0.0360. The van der Waals surface area contributed by atoms with Crippen LogP contribution in [0.25, 0.3) is 0 Å². The van der Waals surface area contributed by atoms with E-state index in [-0.39, 0.29) is 6.03 Å². The summed E-state index contributed by atoms with van der Waals surface area (Å²) in [6, 6.07) is 0.379. The molecule has 4 rings (SSSR count). The number of anilines is 1. The molecular formula is C16H26N6O2. The molecule has 3 aliphatic heterocycles. The van der Waals surface area contributed by atoms with Gasteiger partial charge in [0.15, 0.2) is 0 Å². The predicted molar refractivity (Wildman–Crippen MR) is 90.1 cm³/mol. The van der Waals surface area contributed by atoms with Gasteiger partial charge < -0.3 is 15.0 Å². The van der Waals surface area contributed by atoms with Crippen molar-refractivity contribution in [3.05, 3.63) is 12.4 Å². The lowest BCUT2D eigenvalue weighted by atomic mass is 10.2. The van der Waals surface area contributed by atoms with Crippen molar-refractivity contribution >= 4 is 11.7 Å². The summed E-state index contributed by atoms with van der Waals surface area (Å²) < 4.78 is 7.26. The van der Waals surface area contributed by atoms with E-state index in [1.165, 1.54) is 0 Å². The largest absolute Gasteiger partial charge is 0.379 e. The van der Waals surface area contributed by atoms with Crippen LogP contribution in [0.2, 0.25) is 0 Å². The topological polar surface area (TPSA) is 65.9 Å². The maximum atomic E-state index is 12.5. The molecule has 1 aromatic rings. The molecule has 0 radical (unpaired) electrons. The van der Waals surface area contributed by atoms with E-state index in [1.54, 1.807) is 6.20 Å². The van der Waals surface area contributed by atoms with E-state index >= 15 is 0 Å². The molecule has 1 aromatic heterocycles. The first-order chi connectivity index (χ1) is 11.8. The number of rotatable bonds is 4. The van der Waals surface area contributed by atoms with Crippen LogP contribution in [0, 0.1) is 0 Å². The van der Waals surface area contributed by atoms with Crippen molar-refractivity contribution < 1.29 is 9.53 Å². The van der Waals surface area contributed by atoms with Crippen molar-refractivity contribution in [3.63, 3.8) is 0 Å². The van der Waals surface area contributed by atoms with E-state index < -0.39 is 0 Å². The molecule has 8 heteroatoms. The molecule has 24 heavy (non-hydrogen) atoms. The summed E-state index contributed by atoms with van der Waals surface area (Å²) in [4.78, 5) is 19.3. The van der Waals surface area contributed by atoms with Gasteiger partial charge >= 0.3 is 6.03 Å².